The van der Waals surface area contributed by atoms with E-state index in [1.807, 2.05) is 0 Å². The molecule has 0 saturated heterocycles. The van der Waals surface area contributed by atoms with E-state index >= 15 is 0 Å². The highest BCUT2D eigenvalue weighted by molar-refractivity contribution is 6.35. The molecular weight excluding hydrogens is 787 g/mol. The topological polar surface area (TPSA) is 183 Å². The van der Waals surface area contributed by atoms with E-state index in [2.05, 4.69) is 18.2 Å². The van der Waals surface area contributed by atoms with Gasteiger partial charge in [0.1, 0.15) is 80.9 Å². The SMILES string of the molecule is N#Cc1c(Oc2ccc(N3C(=O)c4ccccc4C3=O)cc2)cccc1Oc1cccc(Oc2cccc(Oc3ccc(N4C(=O)c5ccccc5C4=O)cc3)c2C#N)c1C#N. The van der Waals surface area contributed by atoms with Gasteiger partial charge >= 0.3 is 0 Å². The molecule has 9 rings (SSSR count). The standard InChI is InChI=1S/C49H25N5O8/c50-26-37-40(59-31-22-18-29(19-23-31)53-46(55)33-8-1-2-9-34(33)47(53)56)12-5-14-42(37)61-44-16-7-17-45(39(44)28-52)62-43-15-6-13-41(38(43)27-51)60-32-24-20-30(21-25-32)54-48(57)35-10-3-4-11-36(35)49(54)58/h1-25H. The first kappa shape index (κ1) is 38.0. The Morgan fingerprint density at radius 3 is 0.839 bits per heavy atom. The third-order valence-electron chi connectivity index (χ3n) is 9.97. The highest BCUT2D eigenvalue weighted by atomic mass is 16.5. The molecule has 0 aromatic heterocycles. The summed E-state index contributed by atoms with van der Waals surface area (Å²) in [4.78, 5) is 54.0. The van der Waals surface area contributed by atoms with Gasteiger partial charge in [-0.05, 0) is 109 Å². The van der Waals surface area contributed by atoms with Gasteiger partial charge in [0.2, 0.25) is 0 Å². The lowest BCUT2D eigenvalue weighted by molar-refractivity contribution is 0.0910. The number of fused-ring (bicyclic) bond motifs is 2. The van der Waals surface area contributed by atoms with E-state index in [1.165, 1.54) is 24.3 Å². The largest absolute Gasteiger partial charge is 0.456 e. The summed E-state index contributed by atoms with van der Waals surface area (Å²) in [7, 11) is 0. The highest BCUT2D eigenvalue weighted by Crippen LogP contribution is 2.41. The average molecular weight is 812 g/mol. The van der Waals surface area contributed by atoms with E-state index in [0.29, 0.717) is 45.1 Å². The number of carbonyl (C=O) groups is 4. The normalized spacial score (nSPS) is 12.5. The van der Waals surface area contributed by atoms with Gasteiger partial charge in [-0.3, -0.25) is 19.2 Å². The second-order valence-electron chi connectivity index (χ2n) is 13.6. The van der Waals surface area contributed by atoms with Crippen LogP contribution in [-0.2, 0) is 0 Å². The first-order valence-electron chi connectivity index (χ1n) is 18.7. The molecule has 7 aromatic rings. The summed E-state index contributed by atoms with van der Waals surface area (Å²) in [6.07, 6.45) is 0. The van der Waals surface area contributed by atoms with E-state index in [9.17, 15) is 35.0 Å². The van der Waals surface area contributed by atoms with Gasteiger partial charge in [-0.15, -0.1) is 0 Å². The van der Waals surface area contributed by atoms with Gasteiger partial charge in [0.25, 0.3) is 23.6 Å². The molecule has 0 radical (unpaired) electrons. The minimum Gasteiger partial charge on any atom is -0.456 e. The monoisotopic (exact) mass is 811 g/mol. The fourth-order valence-electron chi connectivity index (χ4n) is 7.04. The van der Waals surface area contributed by atoms with Crippen LogP contribution < -0.4 is 28.7 Å². The summed E-state index contributed by atoms with van der Waals surface area (Å²) in [6.45, 7) is 0. The van der Waals surface area contributed by atoms with Gasteiger partial charge in [-0.25, -0.2) is 9.80 Å². The van der Waals surface area contributed by atoms with Crippen LogP contribution in [0.5, 0.6) is 46.0 Å². The number of rotatable bonds is 10. The molecule has 0 fully saturated rings. The number of imide groups is 2. The number of benzene rings is 7. The Hall–Kier alpha value is -9.51. The maximum absolute atomic E-state index is 13.0. The molecule has 0 spiro atoms. The third-order valence-corrected chi connectivity index (χ3v) is 9.97. The fourth-order valence-corrected chi connectivity index (χ4v) is 7.04. The maximum Gasteiger partial charge on any atom is 0.266 e. The summed E-state index contributed by atoms with van der Waals surface area (Å²) in [6, 6.07) is 46.0. The second kappa shape index (κ2) is 15.7. The summed E-state index contributed by atoms with van der Waals surface area (Å²) in [5.74, 6) is -0.587. The van der Waals surface area contributed by atoms with Gasteiger partial charge in [0, 0.05) is 0 Å². The van der Waals surface area contributed by atoms with Crippen molar-refractivity contribution in [1.29, 1.82) is 15.8 Å². The number of ether oxygens (including phenoxy) is 4. The summed E-state index contributed by atoms with van der Waals surface area (Å²) in [5.41, 5.74) is 1.98. The van der Waals surface area contributed by atoms with Crippen LogP contribution in [0.15, 0.2) is 152 Å². The van der Waals surface area contributed by atoms with Crippen LogP contribution in [0.25, 0.3) is 0 Å². The van der Waals surface area contributed by atoms with Crippen molar-refractivity contribution in [3.63, 3.8) is 0 Å². The first-order valence-corrected chi connectivity index (χ1v) is 18.7. The second-order valence-corrected chi connectivity index (χ2v) is 13.6. The van der Waals surface area contributed by atoms with E-state index < -0.39 is 23.6 Å². The van der Waals surface area contributed by atoms with E-state index in [1.54, 1.807) is 127 Å². The van der Waals surface area contributed by atoms with Crippen LogP contribution in [0.1, 0.15) is 58.1 Å². The maximum atomic E-state index is 13.0. The smallest absolute Gasteiger partial charge is 0.266 e. The van der Waals surface area contributed by atoms with Gasteiger partial charge < -0.3 is 18.9 Å². The lowest BCUT2D eigenvalue weighted by Gasteiger charge is -2.16. The number of carbonyl (C=O) groups excluding carboxylic acids is 4. The number of nitrogens with zero attached hydrogens (tertiary/aromatic N) is 5. The van der Waals surface area contributed by atoms with Crippen molar-refractivity contribution in [2.75, 3.05) is 9.80 Å². The Labute approximate surface area is 352 Å². The zero-order valence-electron chi connectivity index (χ0n) is 31.9. The number of amides is 4. The van der Waals surface area contributed by atoms with E-state index in [0.717, 1.165) is 9.80 Å². The Balaban J connectivity index is 0.915. The Morgan fingerprint density at radius 2 is 0.581 bits per heavy atom. The van der Waals surface area contributed by atoms with Crippen molar-refractivity contribution in [3.05, 3.63) is 191 Å². The zero-order chi connectivity index (χ0) is 42.9. The van der Waals surface area contributed by atoms with Crippen LogP contribution in [0, 0.1) is 34.0 Å². The molecular formula is C49H25N5O8. The van der Waals surface area contributed by atoms with Crippen LogP contribution in [0.4, 0.5) is 11.4 Å². The number of anilines is 2. The van der Waals surface area contributed by atoms with Gasteiger partial charge in [0.05, 0.1) is 33.6 Å². The van der Waals surface area contributed by atoms with Crippen LogP contribution in [-0.4, -0.2) is 23.6 Å². The van der Waals surface area contributed by atoms with Crippen molar-refractivity contribution in [2.45, 2.75) is 0 Å². The molecule has 0 bridgehead atoms. The quantitative estimate of drug-likeness (QED) is 0.120. The van der Waals surface area contributed by atoms with Crippen molar-refractivity contribution in [1.82, 2.24) is 0 Å². The molecule has 13 nitrogen and oxygen atoms in total. The molecule has 0 atom stereocenters. The van der Waals surface area contributed by atoms with Crippen LogP contribution >= 0.6 is 0 Å². The van der Waals surface area contributed by atoms with Gasteiger partial charge in [-0.1, -0.05) is 42.5 Å². The lowest BCUT2D eigenvalue weighted by atomic mass is 10.1. The average Bonchev–Trinajstić information content (AvgIpc) is 3.71. The molecule has 2 heterocycles. The Kier molecular flexibility index (Phi) is 9.62. The predicted molar refractivity (Wildman–Crippen MR) is 222 cm³/mol. The number of hydrogen-bond donors (Lipinski definition) is 0. The van der Waals surface area contributed by atoms with E-state index in [4.69, 9.17) is 18.9 Å². The van der Waals surface area contributed by atoms with Crippen molar-refractivity contribution in [3.8, 4) is 64.2 Å². The molecule has 13 heteroatoms. The van der Waals surface area contributed by atoms with Crippen molar-refractivity contribution in [2.24, 2.45) is 0 Å². The fraction of sp³-hybridized carbons (Fsp3) is 0. The minimum absolute atomic E-state index is 0.0144. The molecule has 0 N–H and O–H groups in total. The van der Waals surface area contributed by atoms with Crippen LogP contribution in [0.3, 0.4) is 0 Å². The minimum atomic E-state index is -0.431. The molecule has 7 aromatic carbocycles. The molecule has 4 amide bonds. The Morgan fingerprint density at radius 1 is 0.323 bits per heavy atom. The van der Waals surface area contributed by atoms with Crippen LogP contribution in [0.2, 0.25) is 0 Å². The molecule has 0 aliphatic carbocycles. The summed E-state index contributed by atoms with van der Waals surface area (Å²) < 4.78 is 24.4. The number of hydrogen-bond acceptors (Lipinski definition) is 11. The van der Waals surface area contributed by atoms with Gasteiger partial charge in [-0.2, -0.15) is 15.8 Å². The molecule has 2 aliphatic rings. The van der Waals surface area contributed by atoms with E-state index in [-0.39, 0.29) is 51.2 Å². The molecule has 2 aliphatic heterocycles. The highest BCUT2D eigenvalue weighted by Gasteiger charge is 2.37. The predicted octanol–water partition coefficient (Wildman–Crippen LogP) is 10.1. The first-order chi connectivity index (χ1) is 30.3. The molecule has 0 unspecified atom stereocenters. The Bertz CT molecular complexity index is 2890. The molecule has 294 valence electrons. The number of nitriles is 3. The molecule has 0 saturated carbocycles. The summed E-state index contributed by atoms with van der Waals surface area (Å²) in [5, 5.41) is 30.7. The van der Waals surface area contributed by atoms with Crippen molar-refractivity contribution >= 4 is 35.0 Å². The third kappa shape index (κ3) is 6.64. The van der Waals surface area contributed by atoms with Gasteiger partial charge in [0.15, 0.2) is 0 Å². The lowest BCUT2D eigenvalue weighted by Crippen LogP contribution is -2.29. The molecule has 62 heavy (non-hydrogen) atoms. The zero-order valence-corrected chi connectivity index (χ0v) is 31.9. The summed E-state index contributed by atoms with van der Waals surface area (Å²) >= 11 is 0. The van der Waals surface area contributed by atoms with Crippen molar-refractivity contribution < 1.29 is 38.1 Å².